The van der Waals surface area contributed by atoms with E-state index in [1.807, 2.05) is 7.05 Å². The summed E-state index contributed by atoms with van der Waals surface area (Å²) >= 11 is 3.71. The number of anilines is 2. The number of nitrogens with one attached hydrogen (secondary N) is 2. The number of halogens is 1. The molecule has 1 aromatic rings. The van der Waals surface area contributed by atoms with Gasteiger partial charge < -0.3 is 15.5 Å². The van der Waals surface area contributed by atoms with Gasteiger partial charge in [0.15, 0.2) is 0 Å². The van der Waals surface area contributed by atoms with Gasteiger partial charge >= 0.3 is 0 Å². The summed E-state index contributed by atoms with van der Waals surface area (Å²) in [5.74, 6) is 0.0282. The van der Waals surface area contributed by atoms with E-state index in [4.69, 9.17) is 0 Å². The molecule has 4 nitrogen and oxygen atoms in total. The Labute approximate surface area is 134 Å². The zero-order valence-electron chi connectivity index (χ0n) is 12.6. The van der Waals surface area contributed by atoms with Crippen LogP contribution < -0.4 is 15.5 Å². The number of hydrogen-bond acceptors (Lipinski definition) is 3. The Balaban J connectivity index is 1.98. The molecule has 0 aliphatic carbocycles. The van der Waals surface area contributed by atoms with Crippen LogP contribution in [0.4, 0.5) is 11.4 Å². The van der Waals surface area contributed by atoms with Crippen LogP contribution in [0.5, 0.6) is 0 Å². The van der Waals surface area contributed by atoms with Crippen molar-refractivity contribution in [3.05, 3.63) is 22.2 Å². The van der Waals surface area contributed by atoms with Crippen molar-refractivity contribution >= 4 is 33.2 Å². The smallest absolute Gasteiger partial charge is 0.246 e. The molecule has 1 fully saturated rings. The van der Waals surface area contributed by atoms with Gasteiger partial charge in [-0.05, 0) is 54.9 Å². The maximum Gasteiger partial charge on any atom is 0.246 e. The van der Waals surface area contributed by atoms with Crippen molar-refractivity contribution in [1.29, 1.82) is 0 Å². The average Bonchev–Trinajstić information content (AvgIpc) is 2.61. The van der Waals surface area contributed by atoms with Crippen LogP contribution in [0.25, 0.3) is 0 Å². The third-order valence-electron chi connectivity index (χ3n) is 4.60. The van der Waals surface area contributed by atoms with Gasteiger partial charge in [-0.15, -0.1) is 0 Å². The third kappa shape index (κ3) is 2.69. The van der Waals surface area contributed by atoms with Crippen LogP contribution >= 0.6 is 15.9 Å². The van der Waals surface area contributed by atoms with Gasteiger partial charge in [-0.3, -0.25) is 4.79 Å². The molecule has 1 amide bonds. The monoisotopic (exact) mass is 351 g/mol. The first-order chi connectivity index (χ1) is 10.1. The molecule has 1 saturated heterocycles. The molecule has 0 saturated carbocycles. The topological polar surface area (TPSA) is 44.4 Å². The molecule has 2 unspecified atom stereocenters. The summed E-state index contributed by atoms with van der Waals surface area (Å²) < 4.78 is 1.08. The minimum Gasteiger partial charge on any atom is -0.368 e. The molecule has 0 aromatic heterocycles. The number of amides is 1. The summed E-state index contributed by atoms with van der Waals surface area (Å²) in [5, 5.41) is 6.06. The Morgan fingerprint density at radius 1 is 1.33 bits per heavy atom. The Morgan fingerprint density at radius 2 is 2.14 bits per heavy atom. The predicted octanol–water partition coefficient (Wildman–Crippen LogP) is 3.43. The van der Waals surface area contributed by atoms with Crippen LogP contribution in [0.1, 0.15) is 44.2 Å². The minimum absolute atomic E-state index is 0.0282. The van der Waals surface area contributed by atoms with Crippen molar-refractivity contribution in [2.24, 2.45) is 0 Å². The number of nitrogens with zero attached hydrogens (tertiary/aromatic N) is 1. The van der Waals surface area contributed by atoms with Crippen molar-refractivity contribution in [2.75, 3.05) is 23.8 Å². The highest BCUT2D eigenvalue weighted by Crippen LogP contribution is 2.40. The fraction of sp³-hybridized carbons (Fsp3) is 0.562. The molecule has 0 spiro atoms. The van der Waals surface area contributed by atoms with E-state index >= 15 is 0 Å². The lowest BCUT2D eigenvalue weighted by molar-refractivity contribution is -0.117. The largest absolute Gasteiger partial charge is 0.368 e. The molecule has 2 aliphatic heterocycles. The van der Waals surface area contributed by atoms with Crippen molar-refractivity contribution in [3.8, 4) is 0 Å². The number of likely N-dealkylation sites (N-methyl/N-ethyl adjacent to an activating group) is 1. The summed E-state index contributed by atoms with van der Waals surface area (Å²) in [6, 6.07) is 4.50. The highest BCUT2D eigenvalue weighted by molar-refractivity contribution is 9.10. The number of rotatable bonds is 2. The van der Waals surface area contributed by atoms with E-state index in [2.05, 4.69) is 50.5 Å². The lowest BCUT2D eigenvalue weighted by Gasteiger charge is -2.31. The number of benzene rings is 1. The maximum absolute atomic E-state index is 12.0. The van der Waals surface area contributed by atoms with Crippen molar-refractivity contribution in [2.45, 2.75) is 44.7 Å². The molecule has 0 bridgehead atoms. The van der Waals surface area contributed by atoms with E-state index in [0.717, 1.165) is 22.3 Å². The number of carbonyl (C=O) groups excluding carboxylic acids is 1. The Hall–Kier alpha value is -1.07. The zero-order chi connectivity index (χ0) is 15.0. The Bertz CT molecular complexity index is 561. The van der Waals surface area contributed by atoms with Crippen LogP contribution in [0.15, 0.2) is 16.6 Å². The molecule has 2 N–H and O–H groups in total. The molecular formula is C16H22BrN3O. The molecule has 2 atom stereocenters. The lowest BCUT2D eigenvalue weighted by Crippen LogP contribution is -2.32. The fourth-order valence-electron chi connectivity index (χ4n) is 3.41. The standard InChI is InChI=1S/C16H22BrN3O/c1-10-6-4-3-5-7-20(10)14-9-13-11(8-12(14)17)15(18-2)16(21)19-13/h8-10,15,18H,3-7H2,1-2H3,(H,19,21). The quantitative estimate of drug-likeness (QED) is 0.857. The fourth-order valence-corrected chi connectivity index (χ4v) is 4.00. The van der Waals surface area contributed by atoms with Gasteiger partial charge in [0.25, 0.3) is 0 Å². The normalized spacial score (nSPS) is 25.5. The van der Waals surface area contributed by atoms with Gasteiger partial charge in [0.2, 0.25) is 5.91 Å². The Morgan fingerprint density at radius 3 is 2.90 bits per heavy atom. The van der Waals surface area contributed by atoms with E-state index in [-0.39, 0.29) is 11.9 Å². The molecule has 0 radical (unpaired) electrons. The highest BCUT2D eigenvalue weighted by Gasteiger charge is 2.31. The van der Waals surface area contributed by atoms with Gasteiger partial charge in [0, 0.05) is 28.3 Å². The van der Waals surface area contributed by atoms with Crippen LogP contribution in [-0.2, 0) is 4.79 Å². The lowest BCUT2D eigenvalue weighted by atomic mass is 10.1. The summed E-state index contributed by atoms with van der Waals surface area (Å²) in [7, 11) is 1.82. The van der Waals surface area contributed by atoms with Crippen molar-refractivity contribution in [1.82, 2.24) is 5.32 Å². The average molecular weight is 352 g/mol. The second kappa shape index (κ2) is 5.97. The Kier molecular flexibility index (Phi) is 4.22. The molecule has 5 heteroatoms. The minimum atomic E-state index is -0.244. The second-order valence-electron chi connectivity index (χ2n) is 5.99. The number of hydrogen-bond donors (Lipinski definition) is 2. The van der Waals surface area contributed by atoms with E-state index in [1.54, 1.807) is 0 Å². The van der Waals surface area contributed by atoms with E-state index in [0.29, 0.717) is 6.04 Å². The zero-order valence-corrected chi connectivity index (χ0v) is 14.2. The molecule has 2 heterocycles. The maximum atomic E-state index is 12.0. The third-order valence-corrected chi connectivity index (χ3v) is 5.24. The van der Waals surface area contributed by atoms with Gasteiger partial charge in [0.1, 0.15) is 6.04 Å². The van der Waals surface area contributed by atoms with Crippen LogP contribution in [0.2, 0.25) is 0 Å². The first kappa shape index (κ1) is 14.9. The molecular weight excluding hydrogens is 330 g/mol. The van der Waals surface area contributed by atoms with E-state index < -0.39 is 0 Å². The second-order valence-corrected chi connectivity index (χ2v) is 6.85. The summed E-state index contributed by atoms with van der Waals surface area (Å²) in [4.78, 5) is 14.4. The highest BCUT2D eigenvalue weighted by atomic mass is 79.9. The van der Waals surface area contributed by atoms with Gasteiger partial charge in [-0.2, -0.15) is 0 Å². The molecule has 114 valence electrons. The van der Waals surface area contributed by atoms with Gasteiger partial charge in [-0.25, -0.2) is 0 Å². The number of carbonyl (C=O) groups is 1. The summed E-state index contributed by atoms with van der Waals surface area (Å²) in [6.45, 7) is 3.38. The summed E-state index contributed by atoms with van der Waals surface area (Å²) in [5.41, 5.74) is 3.16. The first-order valence-corrected chi connectivity index (χ1v) is 8.49. The summed E-state index contributed by atoms with van der Waals surface area (Å²) in [6.07, 6.45) is 5.08. The predicted molar refractivity (Wildman–Crippen MR) is 89.8 cm³/mol. The van der Waals surface area contributed by atoms with Crippen molar-refractivity contribution < 1.29 is 4.79 Å². The van der Waals surface area contributed by atoms with E-state index in [9.17, 15) is 4.79 Å². The molecule has 1 aromatic carbocycles. The van der Waals surface area contributed by atoms with Gasteiger partial charge in [0.05, 0.1) is 5.69 Å². The van der Waals surface area contributed by atoms with Crippen molar-refractivity contribution in [3.63, 3.8) is 0 Å². The van der Waals surface area contributed by atoms with Gasteiger partial charge in [-0.1, -0.05) is 12.8 Å². The number of fused-ring (bicyclic) bond motifs is 1. The van der Waals surface area contributed by atoms with E-state index in [1.165, 1.54) is 31.4 Å². The molecule has 2 aliphatic rings. The molecule has 21 heavy (non-hydrogen) atoms. The molecule has 3 rings (SSSR count). The van der Waals surface area contributed by atoms with Crippen LogP contribution in [0.3, 0.4) is 0 Å². The first-order valence-electron chi connectivity index (χ1n) is 7.70. The SMILES string of the molecule is CNC1C(=O)Nc2cc(N3CCCCCC3C)c(Br)cc21. The van der Waals surface area contributed by atoms with Crippen LogP contribution in [-0.4, -0.2) is 25.5 Å². The van der Waals surface area contributed by atoms with Crippen LogP contribution in [0, 0.1) is 0 Å².